The summed E-state index contributed by atoms with van der Waals surface area (Å²) in [7, 11) is 0. The van der Waals surface area contributed by atoms with Gasteiger partial charge >= 0.3 is 0 Å². The zero-order valence-electron chi connectivity index (χ0n) is 11.9. The van der Waals surface area contributed by atoms with Crippen molar-refractivity contribution in [2.75, 3.05) is 4.43 Å². The molecule has 108 valence electrons. The van der Waals surface area contributed by atoms with E-state index in [-0.39, 0.29) is 5.43 Å². The fourth-order valence-electron chi connectivity index (χ4n) is 2.86. The number of pyridine rings is 1. The molecule has 2 nitrogen and oxygen atoms in total. The third-order valence-electron chi connectivity index (χ3n) is 3.89. The molecule has 0 atom stereocenters. The van der Waals surface area contributed by atoms with E-state index in [1.54, 1.807) is 0 Å². The van der Waals surface area contributed by atoms with Gasteiger partial charge in [-0.15, -0.1) is 0 Å². The number of aromatic nitrogens is 1. The SMILES string of the molecule is O=c1c2ccccc2n(CCCCCI)c2ccccc12. The van der Waals surface area contributed by atoms with Gasteiger partial charge in [0.05, 0.1) is 11.0 Å². The van der Waals surface area contributed by atoms with Crippen LogP contribution in [0.15, 0.2) is 53.3 Å². The Morgan fingerprint density at radius 2 is 1.38 bits per heavy atom. The molecule has 0 radical (unpaired) electrons. The van der Waals surface area contributed by atoms with Gasteiger partial charge in [0.1, 0.15) is 0 Å². The van der Waals surface area contributed by atoms with Crippen molar-refractivity contribution in [3.05, 3.63) is 58.8 Å². The molecule has 1 heterocycles. The van der Waals surface area contributed by atoms with E-state index in [1.165, 1.54) is 17.3 Å². The first-order valence-corrected chi connectivity index (χ1v) is 8.92. The van der Waals surface area contributed by atoms with E-state index in [0.29, 0.717) is 0 Å². The minimum Gasteiger partial charge on any atom is -0.340 e. The van der Waals surface area contributed by atoms with Crippen LogP contribution >= 0.6 is 22.6 Å². The van der Waals surface area contributed by atoms with E-state index in [4.69, 9.17) is 0 Å². The Morgan fingerprint density at radius 3 is 1.95 bits per heavy atom. The molecule has 0 saturated carbocycles. The molecule has 0 N–H and O–H groups in total. The number of benzene rings is 2. The molecule has 3 aromatic rings. The lowest BCUT2D eigenvalue weighted by atomic mass is 10.1. The Balaban J connectivity index is 2.18. The van der Waals surface area contributed by atoms with Gasteiger partial charge in [0.25, 0.3) is 0 Å². The quantitative estimate of drug-likeness (QED) is 0.266. The smallest absolute Gasteiger partial charge is 0.197 e. The topological polar surface area (TPSA) is 22.0 Å². The van der Waals surface area contributed by atoms with Gasteiger partial charge in [0.2, 0.25) is 0 Å². The van der Waals surface area contributed by atoms with Gasteiger partial charge in [-0.3, -0.25) is 4.79 Å². The molecule has 0 saturated heterocycles. The predicted octanol–water partition coefficient (Wildman–Crippen LogP) is 4.76. The van der Waals surface area contributed by atoms with Crippen molar-refractivity contribution in [3.63, 3.8) is 0 Å². The predicted molar refractivity (Wildman–Crippen MR) is 98.5 cm³/mol. The van der Waals surface area contributed by atoms with Gasteiger partial charge in [-0.1, -0.05) is 53.3 Å². The van der Waals surface area contributed by atoms with E-state index in [2.05, 4.69) is 39.3 Å². The highest BCUT2D eigenvalue weighted by Crippen LogP contribution is 2.20. The van der Waals surface area contributed by atoms with Crippen LogP contribution in [0.5, 0.6) is 0 Å². The molecule has 0 aliphatic carbocycles. The first-order chi connectivity index (χ1) is 10.3. The normalized spacial score (nSPS) is 11.3. The van der Waals surface area contributed by atoms with E-state index in [1.807, 2.05) is 36.4 Å². The molecule has 0 aliphatic heterocycles. The number of para-hydroxylation sites is 2. The number of unbranched alkanes of at least 4 members (excludes halogenated alkanes) is 2. The largest absolute Gasteiger partial charge is 0.340 e. The molecule has 0 bridgehead atoms. The van der Waals surface area contributed by atoms with Crippen LogP contribution in [0, 0.1) is 0 Å². The van der Waals surface area contributed by atoms with Crippen molar-refractivity contribution in [1.82, 2.24) is 4.57 Å². The number of fused-ring (bicyclic) bond motifs is 2. The van der Waals surface area contributed by atoms with Gasteiger partial charge in [-0.05, 0) is 41.5 Å². The van der Waals surface area contributed by atoms with E-state index in [0.717, 1.165) is 34.8 Å². The van der Waals surface area contributed by atoms with Crippen LogP contribution in [-0.2, 0) is 6.54 Å². The number of nitrogens with zero attached hydrogens (tertiary/aromatic N) is 1. The first-order valence-electron chi connectivity index (χ1n) is 7.39. The van der Waals surface area contributed by atoms with Gasteiger partial charge in [-0.2, -0.15) is 0 Å². The summed E-state index contributed by atoms with van der Waals surface area (Å²) in [4.78, 5) is 12.6. The van der Waals surface area contributed by atoms with Crippen molar-refractivity contribution in [2.45, 2.75) is 25.8 Å². The fourth-order valence-corrected chi connectivity index (χ4v) is 3.40. The van der Waals surface area contributed by atoms with Crippen molar-refractivity contribution in [2.24, 2.45) is 0 Å². The molecule has 0 amide bonds. The van der Waals surface area contributed by atoms with Crippen molar-refractivity contribution in [3.8, 4) is 0 Å². The molecular weight excluding hydrogens is 373 g/mol. The number of alkyl halides is 1. The molecule has 21 heavy (non-hydrogen) atoms. The maximum Gasteiger partial charge on any atom is 0.197 e. The summed E-state index contributed by atoms with van der Waals surface area (Å²) < 4.78 is 3.52. The Kier molecular flexibility index (Phi) is 4.58. The van der Waals surface area contributed by atoms with Crippen LogP contribution in [0.3, 0.4) is 0 Å². The summed E-state index contributed by atoms with van der Waals surface area (Å²) in [6.45, 7) is 0.970. The van der Waals surface area contributed by atoms with Gasteiger partial charge in [0.15, 0.2) is 5.43 Å². The number of rotatable bonds is 5. The third kappa shape index (κ3) is 2.84. The zero-order valence-corrected chi connectivity index (χ0v) is 14.0. The van der Waals surface area contributed by atoms with Crippen LogP contribution in [0.25, 0.3) is 21.8 Å². The third-order valence-corrected chi connectivity index (χ3v) is 4.66. The second kappa shape index (κ2) is 6.60. The Morgan fingerprint density at radius 1 is 0.810 bits per heavy atom. The molecule has 3 rings (SSSR count). The molecule has 3 heteroatoms. The summed E-state index contributed by atoms with van der Waals surface area (Å²) in [5.41, 5.74) is 2.25. The number of hydrogen-bond acceptors (Lipinski definition) is 1. The van der Waals surface area contributed by atoms with Crippen LogP contribution in [0.1, 0.15) is 19.3 Å². The van der Waals surface area contributed by atoms with Crippen LogP contribution in [0.2, 0.25) is 0 Å². The molecule has 0 spiro atoms. The minimum absolute atomic E-state index is 0.143. The highest BCUT2D eigenvalue weighted by molar-refractivity contribution is 14.1. The average molecular weight is 391 g/mol. The zero-order chi connectivity index (χ0) is 14.7. The van der Waals surface area contributed by atoms with E-state index >= 15 is 0 Å². The Bertz CT molecular complexity index is 762. The summed E-state index contributed by atoms with van der Waals surface area (Å²) >= 11 is 2.43. The van der Waals surface area contributed by atoms with E-state index in [9.17, 15) is 4.79 Å². The Labute approximate surface area is 137 Å². The summed E-state index contributed by atoms with van der Waals surface area (Å²) in [6, 6.07) is 15.9. The summed E-state index contributed by atoms with van der Waals surface area (Å²) in [6.07, 6.45) is 3.65. The maximum absolute atomic E-state index is 12.6. The summed E-state index contributed by atoms with van der Waals surface area (Å²) in [5.74, 6) is 0. The van der Waals surface area contributed by atoms with Gasteiger partial charge in [-0.25, -0.2) is 0 Å². The average Bonchev–Trinajstić information content (AvgIpc) is 2.54. The van der Waals surface area contributed by atoms with E-state index < -0.39 is 0 Å². The minimum atomic E-state index is 0.143. The van der Waals surface area contributed by atoms with Crippen molar-refractivity contribution >= 4 is 44.4 Å². The molecular formula is C18H18INO. The lowest BCUT2D eigenvalue weighted by molar-refractivity contribution is 0.630. The highest BCUT2D eigenvalue weighted by Gasteiger charge is 2.09. The lowest BCUT2D eigenvalue weighted by Crippen LogP contribution is -2.11. The number of halogens is 1. The van der Waals surface area contributed by atoms with Crippen LogP contribution in [0.4, 0.5) is 0 Å². The molecule has 2 aromatic carbocycles. The standard InChI is InChI=1S/C18H18INO/c19-12-6-1-7-13-20-16-10-4-2-8-14(16)18(21)15-9-3-5-11-17(15)20/h2-5,8-11H,1,6-7,12-13H2. The number of hydrogen-bond donors (Lipinski definition) is 0. The highest BCUT2D eigenvalue weighted by atomic mass is 127. The second-order valence-corrected chi connectivity index (χ2v) is 6.34. The first kappa shape index (κ1) is 14.6. The van der Waals surface area contributed by atoms with Crippen molar-refractivity contribution in [1.29, 1.82) is 0 Å². The monoisotopic (exact) mass is 391 g/mol. The molecule has 0 aliphatic rings. The summed E-state index contributed by atoms with van der Waals surface area (Å²) in [5, 5.41) is 1.65. The second-order valence-electron chi connectivity index (χ2n) is 5.26. The lowest BCUT2D eigenvalue weighted by Gasteiger charge is -2.15. The number of aryl methyl sites for hydroxylation is 1. The van der Waals surface area contributed by atoms with Crippen LogP contribution < -0.4 is 5.43 Å². The molecule has 0 unspecified atom stereocenters. The van der Waals surface area contributed by atoms with Gasteiger partial charge < -0.3 is 4.57 Å². The Hall–Kier alpha value is -1.36. The van der Waals surface area contributed by atoms with Crippen LogP contribution in [-0.4, -0.2) is 8.99 Å². The molecule has 0 fully saturated rings. The molecule has 1 aromatic heterocycles. The fraction of sp³-hybridized carbons (Fsp3) is 0.278. The van der Waals surface area contributed by atoms with Crippen molar-refractivity contribution < 1.29 is 0 Å². The maximum atomic E-state index is 12.6. The van der Waals surface area contributed by atoms with Gasteiger partial charge in [0, 0.05) is 17.3 Å².